The Morgan fingerprint density at radius 1 is 1.56 bits per heavy atom. The minimum absolute atomic E-state index is 0.0527. The lowest BCUT2D eigenvalue weighted by atomic mass is 10.0. The van der Waals surface area contributed by atoms with Crippen molar-refractivity contribution in [3.8, 4) is 0 Å². The topological polar surface area (TPSA) is 58.6 Å². The van der Waals surface area contributed by atoms with Gasteiger partial charge < -0.3 is 15.2 Å². The highest BCUT2D eigenvalue weighted by molar-refractivity contribution is 5.73. The molecule has 0 bridgehead atoms. The van der Waals surface area contributed by atoms with Crippen LogP contribution in [-0.4, -0.2) is 35.4 Å². The lowest BCUT2D eigenvalue weighted by Gasteiger charge is -2.22. The van der Waals surface area contributed by atoms with Crippen LogP contribution in [-0.2, 0) is 9.53 Å². The lowest BCUT2D eigenvalue weighted by Crippen LogP contribution is -2.44. The predicted molar refractivity (Wildman–Crippen MR) is 62.5 cm³/mol. The molecular formula is C12H23NO3. The second-order valence-corrected chi connectivity index (χ2v) is 5.51. The number of carboxylic acids is 1. The third-order valence-corrected chi connectivity index (χ3v) is 3.05. The first kappa shape index (κ1) is 13.5. The van der Waals surface area contributed by atoms with E-state index in [1.54, 1.807) is 0 Å². The fourth-order valence-electron chi connectivity index (χ4n) is 2.09. The summed E-state index contributed by atoms with van der Waals surface area (Å²) in [7, 11) is 0. The van der Waals surface area contributed by atoms with Gasteiger partial charge in [-0.3, -0.25) is 4.79 Å². The Balaban J connectivity index is 2.36. The van der Waals surface area contributed by atoms with Crippen molar-refractivity contribution in [2.45, 2.75) is 58.3 Å². The molecule has 1 aliphatic heterocycles. The van der Waals surface area contributed by atoms with Crippen LogP contribution >= 0.6 is 0 Å². The van der Waals surface area contributed by atoms with Crippen molar-refractivity contribution in [2.75, 3.05) is 6.54 Å². The summed E-state index contributed by atoms with van der Waals surface area (Å²) in [5, 5.41) is 12.1. The number of ether oxygens (including phenoxy) is 1. The van der Waals surface area contributed by atoms with Gasteiger partial charge in [0, 0.05) is 6.54 Å². The number of hydrogen-bond donors (Lipinski definition) is 2. The molecule has 1 fully saturated rings. The molecule has 0 radical (unpaired) electrons. The van der Waals surface area contributed by atoms with Crippen LogP contribution in [0.4, 0.5) is 0 Å². The van der Waals surface area contributed by atoms with Crippen molar-refractivity contribution in [1.82, 2.24) is 5.32 Å². The van der Waals surface area contributed by atoms with Crippen LogP contribution in [0.5, 0.6) is 0 Å². The van der Waals surface area contributed by atoms with Crippen LogP contribution in [0.25, 0.3) is 0 Å². The van der Waals surface area contributed by atoms with E-state index in [0.717, 1.165) is 12.8 Å². The molecule has 0 aliphatic carbocycles. The van der Waals surface area contributed by atoms with Gasteiger partial charge in [-0.2, -0.15) is 0 Å². The number of hydrogen-bond acceptors (Lipinski definition) is 3. The molecule has 2 N–H and O–H groups in total. The first-order valence-electron chi connectivity index (χ1n) is 5.96. The Labute approximate surface area is 97.4 Å². The van der Waals surface area contributed by atoms with Crippen LogP contribution in [0.1, 0.15) is 40.5 Å². The third kappa shape index (κ3) is 3.76. The second kappa shape index (κ2) is 5.15. The molecule has 0 aromatic heterocycles. The zero-order valence-electron chi connectivity index (χ0n) is 10.6. The quantitative estimate of drug-likeness (QED) is 0.752. The van der Waals surface area contributed by atoms with Crippen LogP contribution in [0.15, 0.2) is 0 Å². The second-order valence-electron chi connectivity index (χ2n) is 5.51. The van der Waals surface area contributed by atoms with Crippen molar-refractivity contribution >= 4 is 5.97 Å². The van der Waals surface area contributed by atoms with Gasteiger partial charge in [-0.25, -0.2) is 0 Å². The largest absolute Gasteiger partial charge is 0.480 e. The van der Waals surface area contributed by atoms with E-state index in [0.29, 0.717) is 6.54 Å². The maximum Gasteiger partial charge on any atom is 0.320 e. The summed E-state index contributed by atoms with van der Waals surface area (Å²) in [6.07, 6.45) is 2.19. The molecule has 0 amide bonds. The van der Waals surface area contributed by atoms with Crippen LogP contribution in [0.3, 0.4) is 0 Å². The zero-order valence-corrected chi connectivity index (χ0v) is 10.6. The third-order valence-electron chi connectivity index (χ3n) is 3.05. The van der Waals surface area contributed by atoms with Gasteiger partial charge in [-0.05, 0) is 32.6 Å². The molecule has 1 aliphatic rings. The fraction of sp³-hybridized carbons (Fsp3) is 0.917. The highest BCUT2D eigenvalue weighted by atomic mass is 16.5. The molecule has 1 heterocycles. The van der Waals surface area contributed by atoms with Gasteiger partial charge in [0.15, 0.2) is 0 Å². The maximum atomic E-state index is 11.0. The number of carbonyl (C=O) groups is 1. The summed E-state index contributed by atoms with van der Waals surface area (Å²) in [4.78, 5) is 11.0. The highest BCUT2D eigenvalue weighted by Crippen LogP contribution is 2.28. The van der Waals surface area contributed by atoms with Gasteiger partial charge >= 0.3 is 5.97 Å². The summed E-state index contributed by atoms with van der Waals surface area (Å²) in [6, 6.07) is -0.479. The molecule has 16 heavy (non-hydrogen) atoms. The van der Waals surface area contributed by atoms with Crippen molar-refractivity contribution in [3.05, 3.63) is 0 Å². The molecule has 4 heteroatoms. The molecular weight excluding hydrogens is 206 g/mol. The molecule has 1 saturated heterocycles. The molecule has 1 rings (SSSR count). The van der Waals surface area contributed by atoms with Gasteiger partial charge in [0.05, 0.1) is 11.7 Å². The average Bonchev–Trinajstić information content (AvgIpc) is 2.44. The Morgan fingerprint density at radius 2 is 2.19 bits per heavy atom. The van der Waals surface area contributed by atoms with Gasteiger partial charge in [0.1, 0.15) is 6.04 Å². The van der Waals surface area contributed by atoms with Crippen LogP contribution in [0, 0.1) is 5.92 Å². The standard InChI is InChI=1S/C12H23NO3/c1-8(2)10(11(14)15)13-7-9-5-6-12(3,4)16-9/h8-10,13H,5-7H2,1-4H3,(H,14,15). The minimum atomic E-state index is -0.785. The van der Waals surface area contributed by atoms with Gasteiger partial charge in [0.25, 0.3) is 0 Å². The molecule has 4 nitrogen and oxygen atoms in total. The van der Waals surface area contributed by atoms with Crippen LogP contribution in [0.2, 0.25) is 0 Å². The molecule has 94 valence electrons. The van der Waals surface area contributed by atoms with E-state index in [4.69, 9.17) is 9.84 Å². The number of rotatable bonds is 5. The molecule has 0 spiro atoms. The van der Waals surface area contributed by atoms with E-state index in [2.05, 4.69) is 19.2 Å². The summed E-state index contributed by atoms with van der Waals surface area (Å²) >= 11 is 0. The minimum Gasteiger partial charge on any atom is -0.480 e. The summed E-state index contributed by atoms with van der Waals surface area (Å²) in [5.41, 5.74) is -0.0527. The highest BCUT2D eigenvalue weighted by Gasteiger charge is 2.32. The van der Waals surface area contributed by atoms with Gasteiger partial charge in [-0.15, -0.1) is 0 Å². The first-order valence-corrected chi connectivity index (χ1v) is 5.96. The molecule has 2 atom stereocenters. The normalized spacial score (nSPS) is 25.9. The lowest BCUT2D eigenvalue weighted by molar-refractivity contribution is -0.140. The van der Waals surface area contributed by atoms with E-state index in [-0.39, 0.29) is 17.6 Å². The van der Waals surface area contributed by atoms with Crippen molar-refractivity contribution in [2.24, 2.45) is 5.92 Å². The van der Waals surface area contributed by atoms with E-state index in [1.165, 1.54) is 0 Å². The summed E-state index contributed by atoms with van der Waals surface area (Å²) in [5.74, 6) is -0.695. The van der Waals surface area contributed by atoms with Gasteiger partial charge in [0.2, 0.25) is 0 Å². The van der Waals surface area contributed by atoms with Crippen molar-refractivity contribution in [3.63, 3.8) is 0 Å². The average molecular weight is 229 g/mol. The van der Waals surface area contributed by atoms with E-state index in [9.17, 15) is 4.79 Å². The van der Waals surface area contributed by atoms with Crippen LogP contribution < -0.4 is 5.32 Å². The predicted octanol–water partition coefficient (Wildman–Crippen LogP) is 1.64. The SMILES string of the molecule is CC(C)C(NCC1CCC(C)(C)O1)C(=O)O. The number of carboxylic acid groups (broad SMARTS) is 1. The number of nitrogens with one attached hydrogen (secondary N) is 1. The van der Waals surface area contributed by atoms with Crippen molar-refractivity contribution in [1.29, 1.82) is 0 Å². The van der Waals surface area contributed by atoms with Gasteiger partial charge in [-0.1, -0.05) is 13.8 Å². The Bertz CT molecular complexity index is 251. The monoisotopic (exact) mass is 229 g/mol. The number of aliphatic carboxylic acids is 1. The Hall–Kier alpha value is -0.610. The first-order chi connectivity index (χ1) is 7.32. The summed E-state index contributed by atoms with van der Waals surface area (Å²) < 4.78 is 5.80. The fourth-order valence-corrected chi connectivity index (χ4v) is 2.09. The summed E-state index contributed by atoms with van der Waals surface area (Å²) in [6.45, 7) is 8.59. The Kier molecular flexibility index (Phi) is 4.33. The maximum absolute atomic E-state index is 11.0. The Morgan fingerprint density at radius 3 is 2.56 bits per heavy atom. The van der Waals surface area contributed by atoms with E-state index in [1.807, 2.05) is 13.8 Å². The zero-order chi connectivity index (χ0) is 12.3. The smallest absolute Gasteiger partial charge is 0.320 e. The van der Waals surface area contributed by atoms with Crippen molar-refractivity contribution < 1.29 is 14.6 Å². The van der Waals surface area contributed by atoms with E-state index < -0.39 is 12.0 Å². The molecule has 2 unspecified atom stereocenters. The van der Waals surface area contributed by atoms with E-state index >= 15 is 0 Å². The molecule has 0 aromatic carbocycles. The molecule has 0 saturated carbocycles. The molecule has 0 aromatic rings.